The monoisotopic (exact) mass is 345 g/mol. The van der Waals surface area contributed by atoms with Gasteiger partial charge in [-0.05, 0) is 31.4 Å². The predicted molar refractivity (Wildman–Crippen MR) is 115 cm³/mol. The lowest BCUT2D eigenvalue weighted by Crippen LogP contribution is -2.04. The third-order valence-corrected chi connectivity index (χ3v) is 5.31. The summed E-state index contributed by atoms with van der Waals surface area (Å²) in [6, 6.07) is 6.53. The first-order chi connectivity index (χ1) is 12.3. The standard InChI is InChI=1S/C24H43N/c1-4-5-6-7-8-9-10-11-12-13-14-15-16-17-21-25-24-22(2)19-18-20-23(24)3/h18-20,25H,4-17,21H2,1-3H3. The fraction of sp³-hybridized carbons (Fsp3) is 0.750. The highest BCUT2D eigenvalue weighted by atomic mass is 14.9. The van der Waals surface area contributed by atoms with Crippen molar-refractivity contribution in [3.05, 3.63) is 29.3 Å². The van der Waals surface area contributed by atoms with Crippen LogP contribution in [0.5, 0.6) is 0 Å². The number of hydrogen-bond acceptors (Lipinski definition) is 1. The SMILES string of the molecule is CCCCCCCCCCCCCCCCNc1c(C)cccc1C. The van der Waals surface area contributed by atoms with E-state index in [9.17, 15) is 0 Å². The Bertz CT molecular complexity index is 404. The van der Waals surface area contributed by atoms with Crippen molar-refractivity contribution in [2.24, 2.45) is 0 Å². The molecule has 0 aliphatic heterocycles. The summed E-state index contributed by atoms with van der Waals surface area (Å²) in [5.74, 6) is 0. The van der Waals surface area contributed by atoms with Gasteiger partial charge < -0.3 is 5.32 Å². The van der Waals surface area contributed by atoms with E-state index in [1.807, 2.05) is 0 Å². The third kappa shape index (κ3) is 11.3. The Balaban J connectivity index is 1.83. The molecule has 0 saturated heterocycles. The van der Waals surface area contributed by atoms with Gasteiger partial charge in [0, 0.05) is 12.2 Å². The minimum absolute atomic E-state index is 1.11. The van der Waals surface area contributed by atoms with Crippen LogP contribution < -0.4 is 5.32 Å². The van der Waals surface area contributed by atoms with Gasteiger partial charge in [0.15, 0.2) is 0 Å². The van der Waals surface area contributed by atoms with Gasteiger partial charge in [-0.3, -0.25) is 0 Å². The molecule has 0 bridgehead atoms. The Kier molecular flexibility index (Phi) is 13.5. The predicted octanol–water partition coefficient (Wildman–Crippen LogP) is 8.20. The number of para-hydroxylation sites is 1. The van der Waals surface area contributed by atoms with Crippen molar-refractivity contribution >= 4 is 5.69 Å². The molecule has 0 atom stereocenters. The first-order valence-electron chi connectivity index (χ1n) is 11.1. The number of hydrogen-bond donors (Lipinski definition) is 1. The van der Waals surface area contributed by atoms with E-state index < -0.39 is 0 Å². The Hall–Kier alpha value is -0.980. The molecular weight excluding hydrogens is 302 g/mol. The summed E-state index contributed by atoms with van der Waals surface area (Å²) in [6.45, 7) is 7.80. The summed E-state index contributed by atoms with van der Waals surface area (Å²) >= 11 is 0. The molecule has 1 aromatic rings. The van der Waals surface area contributed by atoms with Crippen LogP contribution in [0.15, 0.2) is 18.2 Å². The topological polar surface area (TPSA) is 12.0 Å². The van der Waals surface area contributed by atoms with Gasteiger partial charge in [0.1, 0.15) is 0 Å². The molecule has 25 heavy (non-hydrogen) atoms. The van der Waals surface area contributed by atoms with Crippen LogP contribution >= 0.6 is 0 Å². The van der Waals surface area contributed by atoms with E-state index in [1.165, 1.54) is 107 Å². The van der Waals surface area contributed by atoms with E-state index in [0.29, 0.717) is 0 Å². The van der Waals surface area contributed by atoms with Gasteiger partial charge in [-0.15, -0.1) is 0 Å². The maximum Gasteiger partial charge on any atom is 0.0399 e. The average molecular weight is 346 g/mol. The van der Waals surface area contributed by atoms with E-state index in [1.54, 1.807) is 0 Å². The first-order valence-corrected chi connectivity index (χ1v) is 11.1. The van der Waals surface area contributed by atoms with Gasteiger partial charge in [-0.1, -0.05) is 109 Å². The molecule has 1 N–H and O–H groups in total. The van der Waals surface area contributed by atoms with Crippen molar-refractivity contribution in [3.63, 3.8) is 0 Å². The second kappa shape index (κ2) is 15.3. The molecular formula is C24H43N. The number of rotatable bonds is 16. The first kappa shape index (κ1) is 22.1. The van der Waals surface area contributed by atoms with Gasteiger partial charge in [0.25, 0.3) is 0 Å². The van der Waals surface area contributed by atoms with Crippen LogP contribution in [-0.2, 0) is 0 Å². The lowest BCUT2D eigenvalue weighted by Gasteiger charge is -2.12. The van der Waals surface area contributed by atoms with Crippen molar-refractivity contribution in [3.8, 4) is 0 Å². The molecule has 0 amide bonds. The van der Waals surface area contributed by atoms with Crippen molar-refractivity contribution in [1.29, 1.82) is 0 Å². The minimum atomic E-state index is 1.11. The van der Waals surface area contributed by atoms with Crippen LogP contribution in [0.25, 0.3) is 0 Å². The molecule has 0 fully saturated rings. The highest BCUT2D eigenvalue weighted by Crippen LogP contribution is 2.19. The molecule has 0 aromatic heterocycles. The molecule has 0 unspecified atom stereocenters. The molecule has 0 saturated carbocycles. The van der Waals surface area contributed by atoms with Crippen molar-refractivity contribution < 1.29 is 0 Å². The number of anilines is 1. The molecule has 1 aromatic carbocycles. The van der Waals surface area contributed by atoms with Crippen LogP contribution in [0.1, 0.15) is 108 Å². The van der Waals surface area contributed by atoms with Gasteiger partial charge in [-0.2, -0.15) is 0 Å². The quantitative estimate of drug-likeness (QED) is 0.298. The number of nitrogens with one attached hydrogen (secondary N) is 1. The molecule has 1 rings (SSSR count). The Morgan fingerprint density at radius 2 is 1.00 bits per heavy atom. The second-order valence-corrected chi connectivity index (χ2v) is 7.79. The van der Waals surface area contributed by atoms with E-state index in [-0.39, 0.29) is 0 Å². The van der Waals surface area contributed by atoms with E-state index in [4.69, 9.17) is 0 Å². The van der Waals surface area contributed by atoms with Gasteiger partial charge in [0.2, 0.25) is 0 Å². The van der Waals surface area contributed by atoms with E-state index >= 15 is 0 Å². The van der Waals surface area contributed by atoms with E-state index in [0.717, 1.165) is 6.54 Å². The van der Waals surface area contributed by atoms with Gasteiger partial charge >= 0.3 is 0 Å². The zero-order chi connectivity index (χ0) is 18.2. The molecule has 0 spiro atoms. The maximum absolute atomic E-state index is 3.62. The maximum atomic E-state index is 3.62. The molecule has 144 valence electrons. The Morgan fingerprint density at radius 1 is 0.600 bits per heavy atom. The molecule has 1 heteroatoms. The zero-order valence-electron chi connectivity index (χ0n) is 17.3. The Morgan fingerprint density at radius 3 is 1.44 bits per heavy atom. The average Bonchev–Trinajstić information content (AvgIpc) is 2.60. The summed E-state index contributed by atoms with van der Waals surface area (Å²) in [5.41, 5.74) is 4.08. The third-order valence-electron chi connectivity index (χ3n) is 5.31. The molecule has 0 aliphatic rings. The molecule has 0 heterocycles. The summed E-state index contributed by atoms with van der Waals surface area (Å²) < 4.78 is 0. The minimum Gasteiger partial charge on any atom is -0.385 e. The highest BCUT2D eigenvalue weighted by Gasteiger charge is 2.00. The van der Waals surface area contributed by atoms with Crippen molar-refractivity contribution in [2.75, 3.05) is 11.9 Å². The smallest absolute Gasteiger partial charge is 0.0399 e. The zero-order valence-corrected chi connectivity index (χ0v) is 17.3. The fourth-order valence-electron chi connectivity index (χ4n) is 3.63. The molecule has 1 nitrogen and oxygen atoms in total. The molecule has 0 aliphatic carbocycles. The van der Waals surface area contributed by atoms with Crippen LogP contribution in [0, 0.1) is 13.8 Å². The van der Waals surface area contributed by atoms with Crippen LogP contribution in [-0.4, -0.2) is 6.54 Å². The van der Waals surface area contributed by atoms with E-state index in [2.05, 4.69) is 44.3 Å². The largest absolute Gasteiger partial charge is 0.385 e. The number of unbranched alkanes of at least 4 members (excludes halogenated alkanes) is 13. The second-order valence-electron chi connectivity index (χ2n) is 7.79. The van der Waals surface area contributed by atoms with Gasteiger partial charge in [0.05, 0.1) is 0 Å². The Labute approximate surface area is 158 Å². The lowest BCUT2D eigenvalue weighted by atomic mass is 10.0. The van der Waals surface area contributed by atoms with Crippen LogP contribution in [0.4, 0.5) is 5.69 Å². The van der Waals surface area contributed by atoms with Gasteiger partial charge in [-0.25, -0.2) is 0 Å². The summed E-state index contributed by atoms with van der Waals surface area (Å²) in [7, 11) is 0. The van der Waals surface area contributed by atoms with Crippen molar-refractivity contribution in [1.82, 2.24) is 0 Å². The normalized spacial score (nSPS) is 11.0. The lowest BCUT2D eigenvalue weighted by molar-refractivity contribution is 0.537. The number of aryl methyl sites for hydroxylation is 2. The highest BCUT2D eigenvalue weighted by molar-refractivity contribution is 5.56. The number of benzene rings is 1. The van der Waals surface area contributed by atoms with Crippen LogP contribution in [0.2, 0.25) is 0 Å². The van der Waals surface area contributed by atoms with Crippen molar-refractivity contribution in [2.45, 2.75) is 111 Å². The summed E-state index contributed by atoms with van der Waals surface area (Å²) in [4.78, 5) is 0. The summed E-state index contributed by atoms with van der Waals surface area (Å²) in [6.07, 6.45) is 20.0. The molecule has 0 radical (unpaired) electrons. The fourth-order valence-corrected chi connectivity index (χ4v) is 3.63. The van der Waals surface area contributed by atoms with Crippen LogP contribution in [0.3, 0.4) is 0 Å². The summed E-state index contributed by atoms with van der Waals surface area (Å²) in [5, 5.41) is 3.62.